The Morgan fingerprint density at radius 3 is 2.57 bits per heavy atom. The number of piperazine rings is 1. The van der Waals surface area contributed by atoms with Gasteiger partial charge in [0.2, 0.25) is 11.8 Å². The summed E-state index contributed by atoms with van der Waals surface area (Å²) in [5.41, 5.74) is 5.26. The Labute approximate surface area is 133 Å². The van der Waals surface area contributed by atoms with Crippen molar-refractivity contribution >= 4 is 21.7 Å². The molecule has 1 atom stereocenters. The van der Waals surface area contributed by atoms with Gasteiger partial charge in [0.15, 0.2) is 9.84 Å². The van der Waals surface area contributed by atoms with Crippen LogP contribution in [0.1, 0.15) is 6.42 Å². The van der Waals surface area contributed by atoms with Crippen molar-refractivity contribution in [2.24, 2.45) is 5.73 Å². The zero-order valence-electron chi connectivity index (χ0n) is 12.4. The second-order valence-corrected chi connectivity index (χ2v) is 7.34. The molecule has 2 amide bonds. The molecule has 1 aromatic rings. The summed E-state index contributed by atoms with van der Waals surface area (Å²) in [6.45, 7) is 1.06. The van der Waals surface area contributed by atoms with Gasteiger partial charge in [-0.25, -0.2) is 12.8 Å². The molecule has 1 unspecified atom stereocenters. The van der Waals surface area contributed by atoms with Crippen molar-refractivity contribution < 1.29 is 22.4 Å². The number of hydrogen-bond donors (Lipinski definition) is 2. The van der Waals surface area contributed by atoms with Crippen LogP contribution in [0.25, 0.3) is 0 Å². The Hall–Kier alpha value is -2.00. The van der Waals surface area contributed by atoms with Crippen LogP contribution in [-0.2, 0) is 19.4 Å². The van der Waals surface area contributed by atoms with E-state index in [2.05, 4.69) is 5.32 Å². The third kappa shape index (κ3) is 4.26. The molecule has 1 aliphatic rings. The lowest BCUT2D eigenvalue weighted by molar-refractivity contribution is -0.140. The number of benzene rings is 1. The topological polar surface area (TPSA) is 110 Å². The van der Waals surface area contributed by atoms with E-state index in [0.717, 1.165) is 24.3 Å². The molecule has 1 aliphatic heterocycles. The number of hydrogen-bond acceptors (Lipinski definition) is 5. The fraction of sp³-hybridized carbons (Fsp3) is 0.429. The minimum atomic E-state index is -3.69. The third-order valence-corrected chi connectivity index (χ3v) is 5.38. The Morgan fingerprint density at radius 1 is 1.30 bits per heavy atom. The predicted molar refractivity (Wildman–Crippen MR) is 80.6 cm³/mol. The van der Waals surface area contributed by atoms with Crippen LogP contribution in [0.3, 0.4) is 0 Å². The lowest BCUT2D eigenvalue weighted by Crippen LogP contribution is -2.58. The zero-order chi connectivity index (χ0) is 17.0. The van der Waals surface area contributed by atoms with Crippen LogP contribution in [0.5, 0.6) is 0 Å². The second kappa shape index (κ2) is 7.05. The first-order valence-corrected chi connectivity index (χ1v) is 8.74. The molecule has 1 saturated heterocycles. The molecule has 2 rings (SSSR count). The summed E-state index contributed by atoms with van der Waals surface area (Å²) >= 11 is 0. The van der Waals surface area contributed by atoms with Gasteiger partial charge in [-0.15, -0.1) is 0 Å². The normalized spacial score (nSPS) is 18.7. The van der Waals surface area contributed by atoms with Crippen molar-refractivity contribution in [3.8, 4) is 0 Å². The second-order valence-electron chi connectivity index (χ2n) is 5.23. The molecular weight excluding hydrogens is 325 g/mol. The molecule has 0 spiro atoms. The summed E-state index contributed by atoms with van der Waals surface area (Å²) in [6.07, 6.45) is -0.260. The van der Waals surface area contributed by atoms with Gasteiger partial charge in [0, 0.05) is 26.1 Å². The summed E-state index contributed by atoms with van der Waals surface area (Å²) in [5.74, 6) is -2.02. The van der Waals surface area contributed by atoms with Gasteiger partial charge in [-0.05, 0) is 24.3 Å². The summed E-state index contributed by atoms with van der Waals surface area (Å²) in [6, 6.07) is 3.64. The largest absolute Gasteiger partial charge is 0.368 e. The molecule has 1 fully saturated rings. The number of sulfone groups is 1. The molecule has 23 heavy (non-hydrogen) atoms. The first kappa shape index (κ1) is 17.4. The van der Waals surface area contributed by atoms with Crippen LogP contribution in [0.2, 0.25) is 0 Å². The highest BCUT2D eigenvalue weighted by Gasteiger charge is 2.31. The molecule has 9 heteroatoms. The average molecular weight is 343 g/mol. The van der Waals surface area contributed by atoms with Crippen LogP contribution in [-0.4, -0.2) is 56.6 Å². The molecule has 7 nitrogen and oxygen atoms in total. The summed E-state index contributed by atoms with van der Waals surface area (Å²) in [7, 11) is -3.69. The first-order chi connectivity index (χ1) is 10.8. The van der Waals surface area contributed by atoms with E-state index < -0.39 is 39.3 Å². The maximum Gasteiger partial charge on any atom is 0.241 e. The fourth-order valence-electron chi connectivity index (χ4n) is 2.38. The Kier molecular flexibility index (Phi) is 5.32. The van der Waals surface area contributed by atoms with E-state index >= 15 is 0 Å². The van der Waals surface area contributed by atoms with E-state index in [-0.39, 0.29) is 17.9 Å². The lowest BCUT2D eigenvalue weighted by Gasteiger charge is -2.34. The Morgan fingerprint density at radius 2 is 1.96 bits per heavy atom. The van der Waals surface area contributed by atoms with Crippen LogP contribution >= 0.6 is 0 Å². The molecule has 126 valence electrons. The molecule has 1 heterocycles. The molecular formula is C14H18FN3O4S. The molecule has 0 saturated carbocycles. The Balaban J connectivity index is 2.02. The minimum absolute atomic E-state index is 0.0431. The highest BCUT2D eigenvalue weighted by Crippen LogP contribution is 2.14. The average Bonchev–Trinajstić information content (AvgIpc) is 2.53. The van der Waals surface area contributed by atoms with Crippen molar-refractivity contribution in [1.29, 1.82) is 0 Å². The van der Waals surface area contributed by atoms with Gasteiger partial charge in [-0.3, -0.25) is 9.59 Å². The van der Waals surface area contributed by atoms with Crippen LogP contribution < -0.4 is 11.1 Å². The summed E-state index contributed by atoms with van der Waals surface area (Å²) < 4.78 is 37.1. The smallest absolute Gasteiger partial charge is 0.241 e. The summed E-state index contributed by atoms with van der Waals surface area (Å²) in [4.78, 5) is 24.8. The van der Waals surface area contributed by atoms with Crippen molar-refractivity contribution in [3.63, 3.8) is 0 Å². The number of primary amides is 1. The number of rotatable bonds is 5. The summed E-state index contributed by atoms with van der Waals surface area (Å²) in [5, 5.41) is 2.96. The van der Waals surface area contributed by atoms with Crippen LogP contribution in [0.15, 0.2) is 29.2 Å². The standard InChI is InChI=1S/C14H18FN3O4S/c15-10-1-3-11(4-2-10)23(21,22)8-5-13(19)18-7-6-17-9-12(18)14(16)20/h1-4,12,17H,5-9H2,(H2,16,20). The number of carbonyl (C=O) groups excluding carboxylic acids is 2. The van der Waals surface area contributed by atoms with Crippen LogP contribution in [0.4, 0.5) is 4.39 Å². The molecule has 0 aliphatic carbocycles. The monoisotopic (exact) mass is 343 g/mol. The van der Waals surface area contributed by atoms with Gasteiger partial charge in [0.25, 0.3) is 0 Å². The van der Waals surface area contributed by atoms with Gasteiger partial charge in [0.1, 0.15) is 11.9 Å². The van der Waals surface area contributed by atoms with Crippen molar-refractivity contribution in [2.45, 2.75) is 17.4 Å². The van der Waals surface area contributed by atoms with Gasteiger partial charge in [0.05, 0.1) is 10.6 Å². The quantitative estimate of drug-likeness (QED) is 0.686. The molecule has 0 radical (unpaired) electrons. The maximum atomic E-state index is 12.8. The van der Waals surface area contributed by atoms with Crippen molar-refractivity contribution in [3.05, 3.63) is 30.1 Å². The van der Waals surface area contributed by atoms with Gasteiger partial charge in [-0.1, -0.05) is 0 Å². The van der Waals surface area contributed by atoms with Crippen molar-refractivity contribution in [2.75, 3.05) is 25.4 Å². The Bertz CT molecular complexity index is 690. The molecule has 3 N–H and O–H groups in total. The fourth-order valence-corrected chi connectivity index (χ4v) is 3.61. The molecule has 0 aromatic heterocycles. The van der Waals surface area contributed by atoms with E-state index in [9.17, 15) is 22.4 Å². The predicted octanol–water partition coefficient (Wildman–Crippen LogP) is -0.725. The van der Waals surface area contributed by atoms with E-state index in [1.807, 2.05) is 0 Å². The SMILES string of the molecule is NC(=O)C1CNCCN1C(=O)CCS(=O)(=O)c1ccc(F)cc1. The van der Waals surface area contributed by atoms with Gasteiger partial charge < -0.3 is 16.0 Å². The number of carbonyl (C=O) groups is 2. The zero-order valence-corrected chi connectivity index (χ0v) is 13.2. The number of nitrogens with zero attached hydrogens (tertiary/aromatic N) is 1. The number of halogens is 1. The lowest BCUT2D eigenvalue weighted by atomic mass is 10.1. The van der Waals surface area contributed by atoms with E-state index in [1.165, 1.54) is 4.90 Å². The highest BCUT2D eigenvalue weighted by molar-refractivity contribution is 7.91. The van der Waals surface area contributed by atoms with E-state index in [0.29, 0.717) is 13.1 Å². The minimum Gasteiger partial charge on any atom is -0.368 e. The van der Waals surface area contributed by atoms with Gasteiger partial charge in [-0.2, -0.15) is 0 Å². The first-order valence-electron chi connectivity index (χ1n) is 7.09. The number of nitrogens with one attached hydrogen (secondary N) is 1. The van der Waals surface area contributed by atoms with Gasteiger partial charge >= 0.3 is 0 Å². The highest BCUT2D eigenvalue weighted by atomic mass is 32.2. The molecule has 1 aromatic carbocycles. The van der Waals surface area contributed by atoms with E-state index in [1.54, 1.807) is 0 Å². The third-order valence-electron chi connectivity index (χ3n) is 3.65. The number of amides is 2. The number of nitrogens with two attached hydrogens (primary N) is 1. The van der Waals surface area contributed by atoms with E-state index in [4.69, 9.17) is 5.73 Å². The molecule has 0 bridgehead atoms. The maximum absolute atomic E-state index is 12.8. The van der Waals surface area contributed by atoms with Crippen LogP contribution in [0, 0.1) is 5.82 Å². The van der Waals surface area contributed by atoms with Crippen molar-refractivity contribution in [1.82, 2.24) is 10.2 Å².